The Morgan fingerprint density at radius 2 is 1.69 bits per heavy atom. The molecule has 0 aliphatic rings. The molecule has 16 heavy (non-hydrogen) atoms. The highest BCUT2D eigenvalue weighted by Gasteiger charge is 2.16. The SMILES string of the molecule is CC(C)C(O)c1ccc(-c2ccccc2)o1. The molecule has 84 valence electrons. The molecule has 0 fully saturated rings. The number of furan rings is 1. The zero-order chi connectivity index (χ0) is 11.5. The predicted octanol–water partition coefficient (Wildman–Crippen LogP) is 3.64. The molecule has 0 amide bonds. The quantitative estimate of drug-likeness (QED) is 0.849. The molecule has 0 radical (unpaired) electrons. The topological polar surface area (TPSA) is 33.4 Å². The third-order valence-corrected chi connectivity index (χ3v) is 2.61. The fourth-order valence-corrected chi connectivity index (χ4v) is 1.60. The highest BCUT2D eigenvalue weighted by molar-refractivity contribution is 5.57. The first kappa shape index (κ1) is 11.0. The highest BCUT2D eigenvalue weighted by atomic mass is 16.4. The van der Waals surface area contributed by atoms with E-state index in [1.807, 2.05) is 56.3 Å². The van der Waals surface area contributed by atoms with Crippen LogP contribution in [0.15, 0.2) is 46.9 Å². The maximum Gasteiger partial charge on any atom is 0.134 e. The van der Waals surface area contributed by atoms with Crippen molar-refractivity contribution in [1.82, 2.24) is 0 Å². The van der Waals surface area contributed by atoms with Gasteiger partial charge in [-0.25, -0.2) is 0 Å². The minimum atomic E-state index is -0.530. The third-order valence-electron chi connectivity index (χ3n) is 2.61. The fourth-order valence-electron chi connectivity index (χ4n) is 1.60. The Labute approximate surface area is 95.5 Å². The van der Waals surface area contributed by atoms with E-state index >= 15 is 0 Å². The smallest absolute Gasteiger partial charge is 0.134 e. The Bertz CT molecular complexity index is 443. The Morgan fingerprint density at radius 3 is 2.31 bits per heavy atom. The summed E-state index contributed by atoms with van der Waals surface area (Å²) in [4.78, 5) is 0. The Balaban J connectivity index is 2.27. The van der Waals surface area contributed by atoms with Gasteiger partial charge in [-0.15, -0.1) is 0 Å². The highest BCUT2D eigenvalue weighted by Crippen LogP contribution is 2.28. The lowest BCUT2D eigenvalue weighted by Crippen LogP contribution is -2.03. The van der Waals surface area contributed by atoms with Crippen molar-refractivity contribution in [1.29, 1.82) is 0 Å². The Morgan fingerprint density at radius 1 is 1.00 bits per heavy atom. The molecule has 1 heterocycles. The van der Waals surface area contributed by atoms with E-state index in [2.05, 4.69) is 0 Å². The van der Waals surface area contributed by atoms with Crippen molar-refractivity contribution in [2.45, 2.75) is 20.0 Å². The van der Waals surface area contributed by atoms with Crippen molar-refractivity contribution in [3.63, 3.8) is 0 Å². The van der Waals surface area contributed by atoms with E-state index < -0.39 is 6.10 Å². The first-order valence-corrected chi connectivity index (χ1v) is 5.51. The van der Waals surface area contributed by atoms with Gasteiger partial charge in [0.2, 0.25) is 0 Å². The average Bonchev–Trinajstić information content (AvgIpc) is 2.78. The standard InChI is InChI=1S/C14H16O2/c1-10(2)14(15)13-9-8-12(16-13)11-6-4-3-5-7-11/h3-10,14-15H,1-2H3. The monoisotopic (exact) mass is 216 g/mol. The molecule has 0 bridgehead atoms. The van der Waals surface area contributed by atoms with Crippen LogP contribution >= 0.6 is 0 Å². The number of rotatable bonds is 3. The fraction of sp³-hybridized carbons (Fsp3) is 0.286. The van der Waals surface area contributed by atoms with Gasteiger partial charge in [0.15, 0.2) is 0 Å². The van der Waals surface area contributed by atoms with Crippen molar-refractivity contribution in [3.8, 4) is 11.3 Å². The summed E-state index contributed by atoms with van der Waals surface area (Å²) in [6, 6.07) is 13.6. The van der Waals surface area contributed by atoms with Gasteiger partial charge in [0.05, 0.1) is 0 Å². The van der Waals surface area contributed by atoms with Crippen LogP contribution in [0.2, 0.25) is 0 Å². The largest absolute Gasteiger partial charge is 0.458 e. The van der Waals surface area contributed by atoms with Gasteiger partial charge in [0, 0.05) is 5.56 Å². The van der Waals surface area contributed by atoms with Gasteiger partial charge in [-0.2, -0.15) is 0 Å². The molecule has 0 saturated carbocycles. The first-order valence-electron chi connectivity index (χ1n) is 5.51. The molecule has 1 aromatic carbocycles. The Kier molecular flexibility index (Phi) is 3.11. The van der Waals surface area contributed by atoms with Crippen LogP contribution in [0.3, 0.4) is 0 Å². The zero-order valence-electron chi connectivity index (χ0n) is 9.55. The summed E-state index contributed by atoms with van der Waals surface area (Å²) in [6.07, 6.45) is -0.530. The van der Waals surface area contributed by atoms with E-state index in [4.69, 9.17) is 4.42 Å². The minimum absolute atomic E-state index is 0.162. The van der Waals surface area contributed by atoms with Crippen LogP contribution in [0.25, 0.3) is 11.3 Å². The summed E-state index contributed by atoms with van der Waals surface area (Å²) in [6.45, 7) is 3.94. The summed E-state index contributed by atoms with van der Waals surface area (Å²) in [5.74, 6) is 1.60. The average molecular weight is 216 g/mol. The van der Waals surface area contributed by atoms with Crippen LogP contribution < -0.4 is 0 Å². The molecule has 1 aromatic heterocycles. The second kappa shape index (κ2) is 4.54. The lowest BCUT2D eigenvalue weighted by Gasteiger charge is -2.10. The molecule has 1 N–H and O–H groups in total. The van der Waals surface area contributed by atoms with Crippen LogP contribution in [-0.4, -0.2) is 5.11 Å². The van der Waals surface area contributed by atoms with Crippen molar-refractivity contribution >= 4 is 0 Å². The van der Waals surface area contributed by atoms with Crippen LogP contribution in [0.5, 0.6) is 0 Å². The minimum Gasteiger partial charge on any atom is -0.458 e. The number of hydrogen-bond donors (Lipinski definition) is 1. The van der Waals surface area contributed by atoms with Crippen LogP contribution in [-0.2, 0) is 0 Å². The zero-order valence-corrected chi connectivity index (χ0v) is 9.55. The van der Waals surface area contributed by atoms with Crippen LogP contribution in [0.1, 0.15) is 25.7 Å². The number of aliphatic hydroxyl groups is 1. The van der Waals surface area contributed by atoms with Crippen molar-refractivity contribution < 1.29 is 9.52 Å². The maximum absolute atomic E-state index is 9.86. The molecule has 2 aromatic rings. The van der Waals surface area contributed by atoms with Crippen LogP contribution in [0, 0.1) is 5.92 Å². The molecule has 2 nitrogen and oxygen atoms in total. The van der Waals surface area contributed by atoms with Crippen molar-refractivity contribution in [2.75, 3.05) is 0 Å². The second-order valence-corrected chi connectivity index (χ2v) is 4.26. The molecular formula is C14H16O2. The van der Waals surface area contributed by atoms with E-state index in [0.717, 1.165) is 11.3 Å². The number of benzene rings is 1. The lowest BCUT2D eigenvalue weighted by molar-refractivity contribution is 0.103. The lowest BCUT2D eigenvalue weighted by atomic mass is 10.1. The van der Waals surface area contributed by atoms with E-state index in [9.17, 15) is 5.11 Å². The summed E-state index contributed by atoms with van der Waals surface area (Å²) >= 11 is 0. The van der Waals surface area contributed by atoms with Gasteiger partial charge >= 0.3 is 0 Å². The molecule has 1 unspecified atom stereocenters. The van der Waals surface area contributed by atoms with Gasteiger partial charge in [-0.05, 0) is 18.1 Å². The molecule has 0 aliphatic carbocycles. The molecule has 2 heteroatoms. The van der Waals surface area contributed by atoms with E-state index in [-0.39, 0.29) is 5.92 Å². The van der Waals surface area contributed by atoms with Crippen LogP contribution in [0.4, 0.5) is 0 Å². The molecule has 0 saturated heterocycles. The van der Waals surface area contributed by atoms with Gasteiger partial charge < -0.3 is 9.52 Å². The molecule has 0 aliphatic heterocycles. The summed E-state index contributed by atoms with van der Waals surface area (Å²) < 4.78 is 5.64. The van der Waals surface area contributed by atoms with Gasteiger partial charge in [-0.3, -0.25) is 0 Å². The predicted molar refractivity (Wildman–Crippen MR) is 63.9 cm³/mol. The summed E-state index contributed by atoms with van der Waals surface area (Å²) in [5.41, 5.74) is 1.03. The third kappa shape index (κ3) is 2.17. The van der Waals surface area contributed by atoms with Crippen molar-refractivity contribution in [2.24, 2.45) is 5.92 Å². The first-order chi connectivity index (χ1) is 7.68. The Hall–Kier alpha value is -1.54. The molecule has 2 rings (SSSR count). The summed E-state index contributed by atoms with van der Waals surface area (Å²) in [7, 11) is 0. The number of aliphatic hydroxyl groups excluding tert-OH is 1. The second-order valence-electron chi connectivity index (χ2n) is 4.26. The molecular weight excluding hydrogens is 200 g/mol. The van der Waals surface area contributed by atoms with E-state index in [1.54, 1.807) is 0 Å². The van der Waals surface area contributed by atoms with Gasteiger partial charge in [0.1, 0.15) is 17.6 Å². The number of hydrogen-bond acceptors (Lipinski definition) is 2. The summed E-state index contributed by atoms with van der Waals surface area (Å²) in [5, 5.41) is 9.86. The van der Waals surface area contributed by atoms with Crippen molar-refractivity contribution in [3.05, 3.63) is 48.2 Å². The van der Waals surface area contributed by atoms with E-state index in [0.29, 0.717) is 5.76 Å². The van der Waals surface area contributed by atoms with Gasteiger partial charge in [-0.1, -0.05) is 44.2 Å². The molecule has 1 atom stereocenters. The molecule has 0 spiro atoms. The maximum atomic E-state index is 9.86. The normalized spacial score (nSPS) is 13.0. The van der Waals surface area contributed by atoms with Gasteiger partial charge in [0.25, 0.3) is 0 Å². The van der Waals surface area contributed by atoms with E-state index in [1.165, 1.54) is 0 Å².